The van der Waals surface area contributed by atoms with Crippen molar-refractivity contribution < 1.29 is 4.79 Å². The number of carbonyl (C=O) groups excluding carboxylic acids is 1. The van der Waals surface area contributed by atoms with Gasteiger partial charge in [-0.15, -0.1) is 0 Å². The summed E-state index contributed by atoms with van der Waals surface area (Å²) in [7, 11) is 0. The third-order valence-electron chi connectivity index (χ3n) is 4.09. The zero-order valence-corrected chi connectivity index (χ0v) is 12.2. The number of aromatic nitrogens is 2. The Kier molecular flexibility index (Phi) is 4.62. The van der Waals surface area contributed by atoms with Gasteiger partial charge in [0, 0.05) is 64.8 Å². The summed E-state index contributed by atoms with van der Waals surface area (Å²) in [5, 5.41) is 6.13. The molecule has 0 radical (unpaired) electrons. The molecule has 7 nitrogen and oxygen atoms in total. The molecule has 1 aromatic heterocycles. The molecule has 2 N–H and O–H groups in total. The topological polar surface area (TPSA) is 73.4 Å². The van der Waals surface area contributed by atoms with Crippen LogP contribution in [0.1, 0.15) is 0 Å². The summed E-state index contributed by atoms with van der Waals surface area (Å²) >= 11 is 0. The summed E-state index contributed by atoms with van der Waals surface area (Å²) in [5.74, 6) is 1.17. The Morgan fingerprint density at radius 1 is 1.24 bits per heavy atom. The highest BCUT2D eigenvalue weighted by Crippen LogP contribution is 2.09. The zero-order chi connectivity index (χ0) is 14.5. The number of hydrogen-bond acceptors (Lipinski definition) is 6. The van der Waals surface area contributed by atoms with E-state index in [4.69, 9.17) is 0 Å². The first kappa shape index (κ1) is 14.2. The minimum absolute atomic E-state index is 0.178. The SMILES string of the molecule is O=C(NCCN1CCN(c2ncccn2)CC1)C1CNC1. The van der Waals surface area contributed by atoms with Crippen LogP contribution in [0.5, 0.6) is 0 Å². The van der Waals surface area contributed by atoms with E-state index in [2.05, 4.69) is 30.4 Å². The third-order valence-corrected chi connectivity index (χ3v) is 4.09. The van der Waals surface area contributed by atoms with Crippen LogP contribution in [0.3, 0.4) is 0 Å². The van der Waals surface area contributed by atoms with Gasteiger partial charge in [-0.05, 0) is 6.07 Å². The highest BCUT2D eigenvalue weighted by atomic mass is 16.2. The maximum Gasteiger partial charge on any atom is 0.225 e. The quantitative estimate of drug-likeness (QED) is 0.720. The standard InChI is InChI=1S/C14H22N6O/c21-13(12-10-15-11-12)16-4-5-19-6-8-20(9-7-19)14-17-2-1-3-18-14/h1-3,12,15H,4-11H2,(H,16,21). The Labute approximate surface area is 124 Å². The Morgan fingerprint density at radius 3 is 2.57 bits per heavy atom. The second-order valence-corrected chi connectivity index (χ2v) is 5.52. The van der Waals surface area contributed by atoms with Crippen molar-refractivity contribution in [3.05, 3.63) is 18.5 Å². The largest absolute Gasteiger partial charge is 0.354 e. The lowest BCUT2D eigenvalue weighted by Crippen LogP contribution is -2.52. The van der Waals surface area contributed by atoms with Crippen LogP contribution in [0.25, 0.3) is 0 Å². The van der Waals surface area contributed by atoms with Crippen molar-refractivity contribution in [2.75, 3.05) is 57.3 Å². The summed E-state index contributed by atoms with van der Waals surface area (Å²) < 4.78 is 0. The van der Waals surface area contributed by atoms with E-state index >= 15 is 0 Å². The minimum Gasteiger partial charge on any atom is -0.354 e. The van der Waals surface area contributed by atoms with Crippen molar-refractivity contribution in [3.63, 3.8) is 0 Å². The molecule has 0 saturated carbocycles. The van der Waals surface area contributed by atoms with E-state index in [1.165, 1.54) is 0 Å². The van der Waals surface area contributed by atoms with Crippen molar-refractivity contribution >= 4 is 11.9 Å². The van der Waals surface area contributed by atoms with Gasteiger partial charge in [-0.3, -0.25) is 9.69 Å². The maximum atomic E-state index is 11.7. The van der Waals surface area contributed by atoms with Crippen molar-refractivity contribution in [3.8, 4) is 0 Å². The van der Waals surface area contributed by atoms with Crippen LogP contribution >= 0.6 is 0 Å². The molecule has 21 heavy (non-hydrogen) atoms. The Balaban J connectivity index is 1.35. The van der Waals surface area contributed by atoms with Crippen molar-refractivity contribution in [2.24, 2.45) is 5.92 Å². The molecule has 1 amide bonds. The van der Waals surface area contributed by atoms with Gasteiger partial charge in [0.25, 0.3) is 0 Å². The van der Waals surface area contributed by atoms with E-state index in [0.29, 0.717) is 0 Å². The molecule has 3 heterocycles. The predicted molar refractivity (Wildman–Crippen MR) is 80.1 cm³/mol. The Morgan fingerprint density at radius 2 is 1.95 bits per heavy atom. The monoisotopic (exact) mass is 290 g/mol. The van der Waals surface area contributed by atoms with E-state index in [9.17, 15) is 4.79 Å². The molecule has 114 valence electrons. The van der Waals surface area contributed by atoms with Crippen molar-refractivity contribution in [1.82, 2.24) is 25.5 Å². The van der Waals surface area contributed by atoms with Gasteiger partial charge < -0.3 is 15.5 Å². The van der Waals surface area contributed by atoms with E-state index in [1.54, 1.807) is 12.4 Å². The lowest BCUT2D eigenvalue weighted by atomic mass is 10.0. The molecular formula is C14H22N6O. The molecule has 0 unspecified atom stereocenters. The molecule has 0 aromatic carbocycles. The molecule has 3 rings (SSSR count). The van der Waals surface area contributed by atoms with E-state index in [1.807, 2.05) is 6.07 Å². The lowest BCUT2D eigenvalue weighted by molar-refractivity contribution is -0.126. The minimum atomic E-state index is 0.178. The number of nitrogens with one attached hydrogen (secondary N) is 2. The average molecular weight is 290 g/mol. The molecular weight excluding hydrogens is 268 g/mol. The van der Waals surface area contributed by atoms with Crippen LogP contribution in [0.15, 0.2) is 18.5 Å². The zero-order valence-electron chi connectivity index (χ0n) is 12.2. The van der Waals surface area contributed by atoms with E-state index in [0.717, 1.165) is 58.3 Å². The maximum absolute atomic E-state index is 11.7. The van der Waals surface area contributed by atoms with Gasteiger partial charge in [0.05, 0.1) is 5.92 Å². The average Bonchev–Trinajstić information content (AvgIpc) is 2.47. The Hall–Kier alpha value is -1.73. The molecule has 0 bridgehead atoms. The number of carbonyl (C=O) groups is 1. The van der Waals surface area contributed by atoms with Gasteiger partial charge in [-0.2, -0.15) is 0 Å². The fourth-order valence-electron chi connectivity index (χ4n) is 2.58. The van der Waals surface area contributed by atoms with Crippen molar-refractivity contribution in [1.29, 1.82) is 0 Å². The molecule has 0 spiro atoms. The summed E-state index contributed by atoms with van der Waals surface area (Å²) in [6.45, 7) is 7.13. The van der Waals surface area contributed by atoms with Crippen LogP contribution in [0, 0.1) is 5.92 Å². The van der Waals surface area contributed by atoms with Crippen LogP contribution in [-0.2, 0) is 4.79 Å². The smallest absolute Gasteiger partial charge is 0.225 e. The summed E-state index contributed by atoms with van der Waals surface area (Å²) in [5.41, 5.74) is 0. The summed E-state index contributed by atoms with van der Waals surface area (Å²) in [4.78, 5) is 24.8. The second-order valence-electron chi connectivity index (χ2n) is 5.52. The number of hydrogen-bond donors (Lipinski definition) is 2. The molecule has 0 aliphatic carbocycles. The first-order valence-electron chi connectivity index (χ1n) is 7.55. The molecule has 2 aliphatic heterocycles. The molecule has 2 saturated heterocycles. The fourth-order valence-corrected chi connectivity index (χ4v) is 2.58. The summed E-state index contributed by atoms with van der Waals surface area (Å²) in [6, 6.07) is 1.83. The molecule has 7 heteroatoms. The van der Waals surface area contributed by atoms with Crippen LogP contribution in [0.2, 0.25) is 0 Å². The van der Waals surface area contributed by atoms with E-state index < -0.39 is 0 Å². The summed E-state index contributed by atoms with van der Waals surface area (Å²) in [6.07, 6.45) is 3.55. The van der Waals surface area contributed by atoms with Gasteiger partial charge in [0.1, 0.15) is 0 Å². The third kappa shape index (κ3) is 3.68. The number of piperazine rings is 1. The fraction of sp³-hybridized carbons (Fsp3) is 0.643. The Bertz CT molecular complexity index is 456. The predicted octanol–water partition coefficient (Wildman–Crippen LogP) is -1.07. The van der Waals surface area contributed by atoms with Crippen LogP contribution < -0.4 is 15.5 Å². The van der Waals surface area contributed by atoms with E-state index in [-0.39, 0.29) is 11.8 Å². The second kappa shape index (κ2) is 6.82. The number of amides is 1. The van der Waals surface area contributed by atoms with Gasteiger partial charge in [-0.1, -0.05) is 0 Å². The number of rotatable bonds is 5. The van der Waals surface area contributed by atoms with Crippen LogP contribution in [0.4, 0.5) is 5.95 Å². The molecule has 0 atom stereocenters. The molecule has 2 aliphatic rings. The van der Waals surface area contributed by atoms with Gasteiger partial charge >= 0.3 is 0 Å². The molecule has 2 fully saturated rings. The van der Waals surface area contributed by atoms with Crippen molar-refractivity contribution in [2.45, 2.75) is 0 Å². The first-order valence-corrected chi connectivity index (χ1v) is 7.55. The molecule has 1 aromatic rings. The first-order chi connectivity index (χ1) is 10.3. The normalized spacial score (nSPS) is 20.1. The van der Waals surface area contributed by atoms with Gasteiger partial charge in [0.2, 0.25) is 11.9 Å². The highest BCUT2D eigenvalue weighted by Gasteiger charge is 2.24. The number of nitrogens with zero attached hydrogens (tertiary/aromatic N) is 4. The van der Waals surface area contributed by atoms with Gasteiger partial charge in [0.15, 0.2) is 0 Å². The lowest BCUT2D eigenvalue weighted by Gasteiger charge is -2.34. The number of anilines is 1. The highest BCUT2D eigenvalue weighted by molar-refractivity contribution is 5.79. The van der Waals surface area contributed by atoms with Gasteiger partial charge in [-0.25, -0.2) is 9.97 Å². The van der Waals surface area contributed by atoms with Crippen LogP contribution in [-0.4, -0.2) is 73.1 Å².